The van der Waals surface area contributed by atoms with Crippen molar-refractivity contribution in [2.75, 3.05) is 26.7 Å². The molecular formula is C17H31N3O2. The van der Waals surface area contributed by atoms with Crippen LogP contribution in [0.15, 0.2) is 0 Å². The lowest BCUT2D eigenvalue weighted by molar-refractivity contribution is -0.134. The molecule has 1 aliphatic carbocycles. The van der Waals surface area contributed by atoms with Crippen LogP contribution in [0.1, 0.15) is 57.8 Å². The minimum absolute atomic E-state index is 0.0175. The van der Waals surface area contributed by atoms with Crippen LogP contribution in [-0.2, 0) is 9.59 Å². The van der Waals surface area contributed by atoms with Gasteiger partial charge in [-0.3, -0.25) is 9.59 Å². The zero-order valence-corrected chi connectivity index (χ0v) is 13.9. The van der Waals surface area contributed by atoms with Gasteiger partial charge < -0.3 is 15.5 Å². The fourth-order valence-electron chi connectivity index (χ4n) is 3.56. The van der Waals surface area contributed by atoms with Crippen molar-refractivity contribution in [1.82, 2.24) is 15.5 Å². The maximum absolute atomic E-state index is 12.2. The third kappa shape index (κ3) is 5.59. The molecule has 2 amide bonds. The first-order valence-corrected chi connectivity index (χ1v) is 8.90. The number of rotatable bonds is 6. The monoisotopic (exact) mass is 309 g/mol. The second-order valence-corrected chi connectivity index (χ2v) is 6.81. The quantitative estimate of drug-likeness (QED) is 0.784. The van der Waals surface area contributed by atoms with E-state index in [4.69, 9.17) is 0 Å². The molecule has 0 aromatic heterocycles. The molecule has 126 valence electrons. The standard InChI is InChI=1S/C17H31N3O2/c1-20(15-5-3-2-4-6-15)17(22)13-19-16(21)8-7-14-9-11-18-12-10-14/h14-15,18H,2-13H2,1H3,(H,19,21). The topological polar surface area (TPSA) is 61.4 Å². The van der Waals surface area contributed by atoms with Crippen LogP contribution < -0.4 is 10.6 Å². The number of carbonyl (C=O) groups is 2. The summed E-state index contributed by atoms with van der Waals surface area (Å²) < 4.78 is 0. The molecule has 2 N–H and O–H groups in total. The van der Waals surface area contributed by atoms with Crippen LogP contribution in [0.2, 0.25) is 0 Å². The molecule has 22 heavy (non-hydrogen) atoms. The molecule has 0 bridgehead atoms. The van der Waals surface area contributed by atoms with E-state index in [0.29, 0.717) is 18.4 Å². The first-order chi connectivity index (χ1) is 10.7. The molecule has 2 aliphatic rings. The number of likely N-dealkylation sites (N-methyl/N-ethyl adjacent to an activating group) is 1. The maximum Gasteiger partial charge on any atom is 0.241 e. The lowest BCUT2D eigenvalue weighted by Gasteiger charge is -2.31. The normalized spacial score (nSPS) is 20.6. The Labute approximate surface area is 134 Å². The van der Waals surface area contributed by atoms with Crippen molar-refractivity contribution in [3.05, 3.63) is 0 Å². The van der Waals surface area contributed by atoms with Crippen LogP contribution in [-0.4, -0.2) is 49.4 Å². The van der Waals surface area contributed by atoms with E-state index in [0.717, 1.165) is 45.2 Å². The molecule has 5 heteroatoms. The molecule has 1 saturated heterocycles. The van der Waals surface area contributed by atoms with Gasteiger partial charge in [0.25, 0.3) is 0 Å². The third-order valence-electron chi connectivity index (χ3n) is 5.19. The van der Waals surface area contributed by atoms with Crippen LogP contribution in [0, 0.1) is 5.92 Å². The SMILES string of the molecule is CN(C(=O)CNC(=O)CCC1CCNCC1)C1CCCCC1. The van der Waals surface area contributed by atoms with E-state index in [-0.39, 0.29) is 18.4 Å². The number of hydrogen-bond donors (Lipinski definition) is 2. The molecule has 0 unspecified atom stereocenters. The van der Waals surface area contributed by atoms with E-state index in [1.807, 2.05) is 11.9 Å². The molecule has 5 nitrogen and oxygen atoms in total. The van der Waals surface area contributed by atoms with E-state index >= 15 is 0 Å². The number of carbonyl (C=O) groups excluding carboxylic acids is 2. The van der Waals surface area contributed by atoms with Gasteiger partial charge in [-0.05, 0) is 51.1 Å². The molecule has 0 aromatic carbocycles. The molecule has 1 heterocycles. The number of nitrogens with one attached hydrogen (secondary N) is 2. The Morgan fingerprint density at radius 2 is 1.77 bits per heavy atom. The van der Waals surface area contributed by atoms with Gasteiger partial charge in [-0.25, -0.2) is 0 Å². The molecule has 1 aliphatic heterocycles. The Morgan fingerprint density at radius 1 is 1.09 bits per heavy atom. The molecule has 0 aromatic rings. The van der Waals surface area contributed by atoms with E-state index < -0.39 is 0 Å². The van der Waals surface area contributed by atoms with Crippen LogP contribution >= 0.6 is 0 Å². The van der Waals surface area contributed by atoms with Crippen molar-refractivity contribution < 1.29 is 9.59 Å². The Bertz CT molecular complexity index is 361. The summed E-state index contributed by atoms with van der Waals surface area (Å²) in [7, 11) is 1.87. The van der Waals surface area contributed by atoms with Gasteiger partial charge >= 0.3 is 0 Å². The Morgan fingerprint density at radius 3 is 2.45 bits per heavy atom. The van der Waals surface area contributed by atoms with Crippen molar-refractivity contribution in [3.8, 4) is 0 Å². The summed E-state index contributed by atoms with van der Waals surface area (Å²) in [5.74, 6) is 0.721. The van der Waals surface area contributed by atoms with Crippen molar-refractivity contribution in [3.63, 3.8) is 0 Å². The lowest BCUT2D eigenvalue weighted by Crippen LogP contribution is -2.44. The van der Waals surface area contributed by atoms with Gasteiger partial charge in [0, 0.05) is 19.5 Å². The fraction of sp³-hybridized carbons (Fsp3) is 0.882. The van der Waals surface area contributed by atoms with E-state index in [1.165, 1.54) is 19.3 Å². The lowest BCUT2D eigenvalue weighted by atomic mass is 9.93. The highest BCUT2D eigenvalue weighted by molar-refractivity contribution is 5.84. The first kappa shape index (κ1) is 17.3. The van der Waals surface area contributed by atoms with Crippen molar-refractivity contribution >= 4 is 11.8 Å². The fourth-order valence-corrected chi connectivity index (χ4v) is 3.56. The smallest absolute Gasteiger partial charge is 0.241 e. The summed E-state index contributed by atoms with van der Waals surface area (Å²) in [4.78, 5) is 25.9. The number of amides is 2. The van der Waals surface area contributed by atoms with Crippen molar-refractivity contribution in [1.29, 1.82) is 0 Å². The van der Waals surface area contributed by atoms with Crippen molar-refractivity contribution in [2.45, 2.75) is 63.8 Å². The second kappa shape index (κ2) is 9.13. The molecule has 0 spiro atoms. The molecule has 2 rings (SSSR count). The van der Waals surface area contributed by atoms with Gasteiger partial charge in [-0.1, -0.05) is 19.3 Å². The van der Waals surface area contributed by atoms with Crippen LogP contribution in [0.5, 0.6) is 0 Å². The minimum atomic E-state index is 0.0175. The molecular weight excluding hydrogens is 278 g/mol. The summed E-state index contributed by atoms with van der Waals surface area (Å²) in [6, 6.07) is 0.368. The average molecular weight is 309 g/mol. The number of hydrogen-bond acceptors (Lipinski definition) is 3. The van der Waals surface area contributed by atoms with Crippen LogP contribution in [0.25, 0.3) is 0 Å². The largest absolute Gasteiger partial charge is 0.347 e. The third-order valence-corrected chi connectivity index (χ3v) is 5.19. The summed E-state index contributed by atoms with van der Waals surface area (Å²) in [6.45, 7) is 2.28. The highest BCUT2D eigenvalue weighted by Crippen LogP contribution is 2.21. The van der Waals surface area contributed by atoms with Gasteiger partial charge in [0.15, 0.2) is 0 Å². The van der Waals surface area contributed by atoms with E-state index in [2.05, 4.69) is 10.6 Å². The van der Waals surface area contributed by atoms with Gasteiger partial charge in [0.1, 0.15) is 0 Å². The minimum Gasteiger partial charge on any atom is -0.347 e. The highest BCUT2D eigenvalue weighted by atomic mass is 16.2. The van der Waals surface area contributed by atoms with Gasteiger partial charge in [-0.15, -0.1) is 0 Å². The Hall–Kier alpha value is -1.10. The second-order valence-electron chi connectivity index (χ2n) is 6.81. The molecule has 2 fully saturated rings. The molecule has 1 saturated carbocycles. The van der Waals surface area contributed by atoms with Gasteiger partial charge in [-0.2, -0.15) is 0 Å². The highest BCUT2D eigenvalue weighted by Gasteiger charge is 2.22. The summed E-state index contributed by atoms with van der Waals surface area (Å²) in [6.07, 6.45) is 9.73. The summed E-state index contributed by atoms with van der Waals surface area (Å²) in [5.41, 5.74) is 0. The van der Waals surface area contributed by atoms with Crippen LogP contribution in [0.4, 0.5) is 0 Å². The van der Waals surface area contributed by atoms with Gasteiger partial charge in [0.2, 0.25) is 11.8 Å². The zero-order chi connectivity index (χ0) is 15.8. The summed E-state index contributed by atoms with van der Waals surface area (Å²) >= 11 is 0. The van der Waals surface area contributed by atoms with E-state index in [9.17, 15) is 9.59 Å². The molecule has 0 radical (unpaired) electrons. The maximum atomic E-state index is 12.2. The van der Waals surface area contributed by atoms with E-state index in [1.54, 1.807) is 0 Å². The van der Waals surface area contributed by atoms with Crippen molar-refractivity contribution in [2.24, 2.45) is 5.92 Å². The predicted molar refractivity (Wildman–Crippen MR) is 87.5 cm³/mol. The molecule has 0 atom stereocenters. The average Bonchev–Trinajstić information content (AvgIpc) is 2.58. The summed E-state index contributed by atoms with van der Waals surface area (Å²) in [5, 5.41) is 6.13. The predicted octanol–water partition coefficient (Wildman–Crippen LogP) is 1.67. The zero-order valence-electron chi connectivity index (χ0n) is 13.9. The van der Waals surface area contributed by atoms with Gasteiger partial charge in [0.05, 0.1) is 6.54 Å². The first-order valence-electron chi connectivity index (χ1n) is 8.90. The Balaban J connectivity index is 1.61. The van der Waals surface area contributed by atoms with Crippen LogP contribution in [0.3, 0.4) is 0 Å². The Kier molecular flexibility index (Phi) is 7.16. The number of nitrogens with zero attached hydrogens (tertiary/aromatic N) is 1. The number of piperidine rings is 1.